The lowest BCUT2D eigenvalue weighted by atomic mass is 10.0. The van der Waals surface area contributed by atoms with Crippen LogP contribution in [0.1, 0.15) is 75.1 Å². The van der Waals surface area contributed by atoms with E-state index in [1.54, 1.807) is 6.07 Å². The smallest absolute Gasteiger partial charge is 0.270 e. The van der Waals surface area contributed by atoms with Gasteiger partial charge in [-0.1, -0.05) is 32.0 Å². The van der Waals surface area contributed by atoms with Crippen LogP contribution in [0.3, 0.4) is 0 Å². The molecule has 1 heterocycles. The van der Waals surface area contributed by atoms with Crippen molar-refractivity contribution >= 4 is 29.0 Å². The molecule has 1 aliphatic carbocycles. The maximum absolute atomic E-state index is 14.3. The number of hydrazone groups is 1. The summed E-state index contributed by atoms with van der Waals surface area (Å²) in [5.41, 5.74) is 9.62. The molecule has 234 valence electrons. The van der Waals surface area contributed by atoms with E-state index in [-0.39, 0.29) is 47.5 Å². The van der Waals surface area contributed by atoms with Gasteiger partial charge in [-0.25, -0.2) is 20.2 Å². The summed E-state index contributed by atoms with van der Waals surface area (Å²) in [5.74, 6) is 9.57. The van der Waals surface area contributed by atoms with E-state index in [0.717, 1.165) is 29.4 Å². The summed E-state index contributed by atoms with van der Waals surface area (Å²) < 4.78 is 14.3. The van der Waals surface area contributed by atoms with Crippen molar-refractivity contribution < 1.29 is 14.0 Å². The van der Waals surface area contributed by atoms with E-state index in [2.05, 4.69) is 36.4 Å². The van der Waals surface area contributed by atoms with E-state index < -0.39 is 28.5 Å². The molecule has 0 spiro atoms. The van der Waals surface area contributed by atoms with Crippen molar-refractivity contribution in [1.82, 2.24) is 26.0 Å². The van der Waals surface area contributed by atoms with E-state index in [0.29, 0.717) is 17.8 Å². The van der Waals surface area contributed by atoms with Gasteiger partial charge in [0.1, 0.15) is 34.9 Å². The Morgan fingerprint density at radius 3 is 2.42 bits per heavy atom. The highest BCUT2D eigenvalue weighted by atomic mass is 19.1. The maximum Gasteiger partial charge on any atom is 0.270 e. The van der Waals surface area contributed by atoms with E-state index >= 15 is 0 Å². The van der Waals surface area contributed by atoms with Crippen molar-refractivity contribution in [2.45, 2.75) is 45.8 Å². The first-order valence-corrected chi connectivity index (χ1v) is 14.1. The number of halogens is 1. The Hall–Kier alpha value is -5.70. The first-order valence-electron chi connectivity index (χ1n) is 14.1. The summed E-state index contributed by atoms with van der Waals surface area (Å²) in [7, 11) is 0. The zero-order valence-electron chi connectivity index (χ0n) is 24.6. The number of nitrogens with zero attached hydrogens (tertiary/aromatic N) is 3. The Morgan fingerprint density at radius 1 is 1.00 bits per heavy atom. The van der Waals surface area contributed by atoms with Crippen molar-refractivity contribution in [1.29, 1.82) is 0 Å². The average Bonchev–Trinajstić information content (AvgIpc) is 3.47. The standard InChI is InChI=1S/C28H27FN10O4.C2H6/c29-18-5-1-13(7-16(18)11-33-23-22(30)24(40)25(23)41)10-34-27(42)20-9-21(36-12-35-20)28(43)37-19-6-3-14-8-15(2-4-17(14)19)26(38-31)39-32;1-2/h1-2,4-5,7-9,12,19,33H,3,6,10-11,30-32H2,(H,34,42)(H,37,43)(H,38,39);1-2H3. The number of hydrogen-bond acceptors (Lipinski definition) is 11. The number of anilines is 2. The van der Waals surface area contributed by atoms with E-state index in [1.807, 2.05) is 26.0 Å². The topological polar surface area (TPSA) is 233 Å². The number of hydrogen-bond donors (Lipinski definition) is 7. The molecule has 45 heavy (non-hydrogen) atoms. The van der Waals surface area contributed by atoms with Gasteiger partial charge in [0.05, 0.1) is 6.04 Å². The van der Waals surface area contributed by atoms with E-state index in [9.17, 15) is 23.6 Å². The lowest BCUT2D eigenvalue weighted by Gasteiger charge is -2.15. The van der Waals surface area contributed by atoms with Gasteiger partial charge >= 0.3 is 0 Å². The highest BCUT2D eigenvalue weighted by Crippen LogP contribution is 2.32. The lowest BCUT2D eigenvalue weighted by Crippen LogP contribution is -2.37. The third kappa shape index (κ3) is 6.94. The van der Waals surface area contributed by atoms with Gasteiger partial charge in [-0.3, -0.25) is 19.2 Å². The first-order chi connectivity index (χ1) is 21.7. The molecule has 1 aromatic heterocycles. The Morgan fingerprint density at radius 2 is 1.73 bits per heavy atom. The second-order valence-corrected chi connectivity index (χ2v) is 9.80. The van der Waals surface area contributed by atoms with Crippen LogP contribution in [0, 0.1) is 5.82 Å². The third-order valence-corrected chi connectivity index (χ3v) is 7.16. The van der Waals surface area contributed by atoms with Crippen molar-refractivity contribution in [3.8, 4) is 0 Å². The number of nitrogens with two attached hydrogens (primary N) is 3. The minimum atomic E-state index is -0.777. The fraction of sp³-hybridized carbons (Fsp3) is 0.233. The monoisotopic (exact) mass is 616 g/mol. The second-order valence-electron chi connectivity index (χ2n) is 9.80. The number of aromatic nitrogens is 2. The van der Waals surface area contributed by atoms with Crippen LogP contribution in [-0.4, -0.2) is 27.6 Å². The molecule has 15 heteroatoms. The first kappa shape index (κ1) is 32.2. The number of benzene rings is 2. The van der Waals surface area contributed by atoms with Gasteiger partial charge < -0.3 is 33.0 Å². The highest BCUT2D eigenvalue weighted by molar-refractivity contribution is 5.99. The molecule has 0 saturated carbocycles. The Bertz CT molecular complexity index is 1830. The van der Waals surface area contributed by atoms with Gasteiger partial charge in [-0.05, 0) is 47.7 Å². The second kappa shape index (κ2) is 14.2. The minimum Gasteiger partial charge on any atom is -0.394 e. The molecule has 4 aromatic rings. The van der Waals surface area contributed by atoms with Crippen LogP contribution in [0.25, 0.3) is 0 Å². The van der Waals surface area contributed by atoms with Crippen LogP contribution >= 0.6 is 0 Å². The molecular weight excluding hydrogens is 583 g/mol. The summed E-state index contributed by atoms with van der Waals surface area (Å²) >= 11 is 0. The Balaban J connectivity index is 0.00000226. The molecule has 10 N–H and O–H groups in total. The molecular formula is C30H33FN10O4. The van der Waals surface area contributed by atoms with Gasteiger partial charge in [-0.15, -0.1) is 0 Å². The van der Waals surface area contributed by atoms with Crippen LogP contribution in [0.15, 0.2) is 63.5 Å². The molecule has 1 aliphatic rings. The predicted octanol–water partition coefficient (Wildman–Crippen LogP) is 0.863. The largest absolute Gasteiger partial charge is 0.394 e. The van der Waals surface area contributed by atoms with E-state index in [4.69, 9.17) is 17.4 Å². The number of amides is 2. The van der Waals surface area contributed by atoms with Crippen LogP contribution in [-0.2, 0) is 19.5 Å². The average molecular weight is 617 g/mol. The van der Waals surface area contributed by atoms with Crippen molar-refractivity contribution in [2.24, 2.45) is 16.8 Å². The SMILES string of the molecule is CC.N/N=C(\NN)c1ccc2c(c1)CCC2NC(=O)c1cc(C(=O)NCc2ccc(F)c(CNc3c(N)c(=O)c3=O)c2)ncn1. The minimum absolute atomic E-state index is 0.0165. The van der Waals surface area contributed by atoms with E-state index in [1.165, 1.54) is 24.3 Å². The van der Waals surface area contributed by atoms with Crippen LogP contribution in [0.4, 0.5) is 15.8 Å². The Labute approximate surface area is 257 Å². The fourth-order valence-electron chi connectivity index (χ4n) is 4.86. The lowest BCUT2D eigenvalue weighted by molar-refractivity contribution is 0.0931. The molecule has 5 rings (SSSR count). The van der Waals surface area contributed by atoms with Crippen molar-refractivity contribution in [2.75, 3.05) is 11.1 Å². The quantitative estimate of drug-likeness (QED) is 0.0458. The zero-order valence-corrected chi connectivity index (χ0v) is 24.6. The number of amidine groups is 1. The van der Waals surface area contributed by atoms with Gasteiger partial charge in [0.25, 0.3) is 22.7 Å². The summed E-state index contributed by atoms with van der Waals surface area (Å²) in [5, 5.41) is 11.9. The highest BCUT2D eigenvalue weighted by Gasteiger charge is 2.26. The van der Waals surface area contributed by atoms with Crippen molar-refractivity contribution in [3.05, 3.63) is 114 Å². The van der Waals surface area contributed by atoms with Crippen LogP contribution < -0.4 is 49.7 Å². The molecule has 0 aliphatic heterocycles. The molecule has 0 saturated heterocycles. The molecule has 1 unspecified atom stereocenters. The fourth-order valence-corrected chi connectivity index (χ4v) is 4.86. The summed E-state index contributed by atoms with van der Waals surface area (Å²) in [6, 6.07) is 10.8. The molecule has 0 radical (unpaired) electrons. The van der Waals surface area contributed by atoms with Gasteiger partial charge in [0.15, 0.2) is 5.84 Å². The number of aryl methyl sites for hydroxylation is 1. The number of hydrazine groups is 1. The van der Waals surface area contributed by atoms with Crippen LogP contribution in [0.5, 0.6) is 0 Å². The number of rotatable bonds is 9. The molecule has 3 aromatic carbocycles. The van der Waals surface area contributed by atoms with Crippen LogP contribution in [0.2, 0.25) is 0 Å². The Kier molecular flexibility index (Phi) is 10.2. The number of carbonyl (C=O) groups is 2. The third-order valence-electron chi connectivity index (χ3n) is 7.16. The summed E-state index contributed by atoms with van der Waals surface area (Å²) in [6.07, 6.45) is 2.52. The molecule has 0 fully saturated rings. The molecule has 0 bridgehead atoms. The summed E-state index contributed by atoms with van der Waals surface area (Å²) in [4.78, 5) is 56.7. The predicted molar refractivity (Wildman–Crippen MR) is 167 cm³/mol. The number of nitrogens with one attached hydrogen (secondary N) is 4. The van der Waals surface area contributed by atoms with Gasteiger partial charge in [0, 0.05) is 30.3 Å². The molecule has 1 atom stereocenters. The normalized spacial score (nSPS) is 13.8. The molecule has 2 amide bonds. The number of fused-ring (bicyclic) bond motifs is 1. The maximum atomic E-state index is 14.3. The summed E-state index contributed by atoms with van der Waals surface area (Å²) in [6.45, 7) is 3.94. The zero-order chi connectivity index (χ0) is 32.7. The number of nitrogen functional groups attached to an aromatic ring is 1. The number of carbonyl (C=O) groups excluding carboxylic acids is 2. The molecule has 14 nitrogen and oxygen atoms in total. The van der Waals surface area contributed by atoms with Crippen molar-refractivity contribution in [3.63, 3.8) is 0 Å². The van der Waals surface area contributed by atoms with Gasteiger partial charge in [-0.2, -0.15) is 5.10 Å². The van der Waals surface area contributed by atoms with Gasteiger partial charge in [0.2, 0.25) is 0 Å².